The maximum absolute atomic E-state index is 15.3. The van der Waals surface area contributed by atoms with Crippen LogP contribution in [0, 0.1) is 45.3 Å². The Morgan fingerprint density at radius 3 is 1.56 bits per heavy atom. The van der Waals surface area contributed by atoms with Gasteiger partial charge >= 0.3 is 0 Å². The van der Waals surface area contributed by atoms with Crippen molar-refractivity contribution in [1.82, 2.24) is 0 Å². The summed E-state index contributed by atoms with van der Waals surface area (Å²) >= 11 is 0. The third kappa shape index (κ3) is 12.9. The van der Waals surface area contributed by atoms with Gasteiger partial charge in [0.25, 0.3) is 0 Å². The summed E-state index contributed by atoms with van der Waals surface area (Å²) in [6, 6.07) is 0. The van der Waals surface area contributed by atoms with E-state index in [2.05, 4.69) is 33.8 Å². The Bertz CT molecular complexity index is 2390. The number of carbonyl (C=O) groups is 1. The van der Waals surface area contributed by atoms with Gasteiger partial charge in [0, 0.05) is 17.3 Å². The number of rotatable bonds is 20. The normalized spacial score (nSPS) is 51.0. The summed E-state index contributed by atoms with van der Waals surface area (Å²) in [7, 11) is 0. The van der Waals surface area contributed by atoms with E-state index in [1.165, 1.54) is 13.8 Å². The monoisotopic (exact) mass is 1280 g/mol. The van der Waals surface area contributed by atoms with Gasteiger partial charge in [0.05, 0.1) is 50.8 Å². The molecule has 9 rings (SSSR count). The van der Waals surface area contributed by atoms with Crippen molar-refractivity contribution in [2.45, 2.75) is 278 Å². The fraction of sp³-hybridized carbons (Fsp3) is 0.950. The summed E-state index contributed by atoms with van der Waals surface area (Å²) in [4.78, 5) is 15.3. The zero-order chi connectivity index (χ0) is 65.5. The van der Waals surface area contributed by atoms with Crippen molar-refractivity contribution in [3.63, 3.8) is 0 Å². The highest BCUT2D eigenvalue weighted by molar-refractivity contribution is 5.88. The van der Waals surface area contributed by atoms with Gasteiger partial charge in [-0.05, 0) is 93.3 Å². The van der Waals surface area contributed by atoms with Crippen LogP contribution < -0.4 is 0 Å². The molecule has 18 N–H and O–H groups in total. The Morgan fingerprint density at radius 1 is 0.539 bits per heavy atom. The van der Waals surface area contributed by atoms with Crippen molar-refractivity contribution in [3.05, 3.63) is 11.6 Å². The number of aliphatic hydroxyl groups is 18. The molecular weight excluding hydrogens is 1180 g/mol. The van der Waals surface area contributed by atoms with E-state index >= 15 is 4.79 Å². The topological polar surface area (TPSA) is 474 Å². The van der Waals surface area contributed by atoms with Gasteiger partial charge in [-0.15, -0.1) is 0 Å². The van der Waals surface area contributed by atoms with Crippen molar-refractivity contribution < 1.29 is 144 Å². The van der Waals surface area contributed by atoms with Crippen molar-refractivity contribution in [2.75, 3.05) is 33.0 Å². The molecule has 5 saturated heterocycles. The molecule has 9 aliphatic rings. The van der Waals surface area contributed by atoms with Crippen LogP contribution in [-0.2, 0) is 52.2 Å². The molecule has 0 aromatic rings. The average Bonchev–Trinajstić information content (AvgIpc) is 1.66. The molecule has 3 saturated carbocycles. The number of hydrogen-bond donors (Lipinski definition) is 18. The molecule has 5 aliphatic heterocycles. The van der Waals surface area contributed by atoms with E-state index in [1.54, 1.807) is 0 Å². The van der Waals surface area contributed by atoms with E-state index in [0.717, 1.165) is 18.4 Å². The minimum absolute atomic E-state index is 0.0266. The van der Waals surface area contributed by atoms with Gasteiger partial charge in [-0.3, -0.25) is 4.79 Å². The van der Waals surface area contributed by atoms with E-state index in [9.17, 15) is 91.9 Å². The van der Waals surface area contributed by atoms with Crippen LogP contribution in [0.25, 0.3) is 0 Å². The fourth-order valence-electron chi connectivity index (χ4n) is 16.8. The average molecular weight is 1290 g/mol. The summed E-state index contributed by atoms with van der Waals surface area (Å²) in [6.45, 7) is 12.1. The Hall–Kier alpha value is -1.71. The lowest BCUT2D eigenvalue weighted by Crippen LogP contribution is -2.65. The second-order valence-electron chi connectivity index (χ2n) is 28.5. The maximum Gasteiger partial charge on any atom is 0.187 e. The first-order valence-corrected chi connectivity index (χ1v) is 31.4. The van der Waals surface area contributed by atoms with Crippen LogP contribution in [0.4, 0.5) is 0 Å². The first-order valence-electron chi connectivity index (χ1n) is 31.4. The molecule has 5 heterocycles. The van der Waals surface area contributed by atoms with Crippen molar-refractivity contribution in [2.24, 2.45) is 45.3 Å². The predicted molar refractivity (Wildman–Crippen MR) is 299 cm³/mol. The zero-order valence-electron chi connectivity index (χ0n) is 51.7. The van der Waals surface area contributed by atoms with Gasteiger partial charge in [0.2, 0.25) is 0 Å². The second-order valence-corrected chi connectivity index (χ2v) is 28.5. The lowest BCUT2D eigenvalue weighted by atomic mass is 9.38. The van der Waals surface area contributed by atoms with E-state index < -0.39 is 221 Å². The highest BCUT2D eigenvalue weighted by Gasteiger charge is 2.71. The number of fused-ring (bicyclic) bond motifs is 5. The lowest BCUT2D eigenvalue weighted by molar-refractivity contribution is -0.379. The number of ketones is 1. The van der Waals surface area contributed by atoms with Gasteiger partial charge in [-0.25, -0.2) is 0 Å². The number of Topliss-reactive ketones (excluding diaryl/α,β-unsaturated/α-hetero) is 1. The number of aliphatic hydroxyl groups excluding tert-OH is 17. The molecule has 0 amide bonds. The molecular formula is C60H100O29. The molecule has 4 aliphatic carbocycles. The lowest BCUT2D eigenvalue weighted by Gasteiger charge is -2.65. The SMILES string of the molecule is C[C@H](CC[C@@H](O[C@@H]1O[C@H](CO)[C@@H](O)[C@H](O)[C@H]1O[C@@H]1O[C@H](CO[C@@H]2O[C@H](CO)[C@@H](O)[C@H](O)[C@H]2O)[C@@H](O)[C@H](O)[C@H]1O)C(C)(C)O)[C@H]1CC[C@@]2(C)[C@@H]3CC=C4[C@@H](CC[C@H](O[C@@H]5O[C@H](CO)[C@@H](O[C@@H]6O[C@H](CO)[C@@H](O)[C@H](O)[C@H]6O)[C@H](O)[C@H]5O)C4(C)C)[C@]3(C)C(=O)C[C@]12C. The largest absolute Gasteiger partial charge is 0.394 e. The number of carbonyl (C=O) groups excluding carboxylic acids is 1. The third-order valence-corrected chi connectivity index (χ3v) is 22.6. The summed E-state index contributed by atoms with van der Waals surface area (Å²) < 4.78 is 59.1. The molecule has 89 heavy (non-hydrogen) atoms. The molecule has 0 spiro atoms. The van der Waals surface area contributed by atoms with Crippen LogP contribution >= 0.6 is 0 Å². The van der Waals surface area contributed by atoms with Gasteiger partial charge in [0.15, 0.2) is 31.5 Å². The summed E-state index contributed by atoms with van der Waals surface area (Å²) in [5, 5.41) is 192. The first-order chi connectivity index (χ1) is 41.7. The summed E-state index contributed by atoms with van der Waals surface area (Å²) in [6.07, 6.45) is -37.5. The smallest absolute Gasteiger partial charge is 0.187 e. The Balaban J connectivity index is 0.856. The number of hydrogen-bond acceptors (Lipinski definition) is 29. The summed E-state index contributed by atoms with van der Waals surface area (Å²) in [5.41, 5.74) is -2.86. The van der Waals surface area contributed by atoms with Gasteiger partial charge in [0.1, 0.15) is 128 Å². The quantitative estimate of drug-likeness (QED) is 0.0507. The van der Waals surface area contributed by atoms with Crippen LogP contribution in [0.15, 0.2) is 11.6 Å². The Kier molecular flexibility index (Phi) is 22.1. The molecule has 0 radical (unpaired) electrons. The minimum Gasteiger partial charge on any atom is -0.394 e. The van der Waals surface area contributed by atoms with Crippen molar-refractivity contribution >= 4 is 5.78 Å². The van der Waals surface area contributed by atoms with Gasteiger partial charge in [-0.2, -0.15) is 0 Å². The van der Waals surface area contributed by atoms with Crippen LogP contribution in [0.1, 0.15) is 107 Å². The standard InChI is InChI=1S/C60H100O29/c1-23(9-13-35(57(4,5)79)87-55-50(43(73)38(68)29(20-63)83-55)89-54-47(77)42(72)39(69)31(85-54)22-80-51-45(75)40(70)36(66)27(18-61)81-51)24-15-16-58(6)32-12-10-25-26(60(32,8)33(65)17-59(24,58)7)11-14-34(56(25,2)3)86-52-48(78)44(74)49(30(21-64)84-52)88-53-46(76)41(71)37(67)28(19-62)82-53/h10,23-24,26-32,34-55,61-64,66-79H,9,11-22H2,1-8H3/t23-,24-,26-,27-,28-,29-,30-,31-,32+,34+,35-,36-,37-,38-,39-,40+,41+,42+,43+,44-,45-,46-,47-,48-,49-,50-,51-,52+,53+,54+,55+,58+,59-,60+/m1/s1. The molecule has 0 unspecified atom stereocenters. The molecule has 0 aromatic heterocycles. The molecule has 0 bridgehead atoms. The highest BCUT2D eigenvalue weighted by atomic mass is 16.8. The Morgan fingerprint density at radius 2 is 1.00 bits per heavy atom. The van der Waals surface area contributed by atoms with Crippen molar-refractivity contribution in [1.29, 1.82) is 0 Å². The molecule has 29 heteroatoms. The zero-order valence-corrected chi connectivity index (χ0v) is 51.7. The van der Waals surface area contributed by atoms with E-state index in [0.29, 0.717) is 32.1 Å². The predicted octanol–water partition coefficient (Wildman–Crippen LogP) is -5.20. The number of allylic oxidation sites excluding steroid dienone is 1. The second kappa shape index (κ2) is 27.4. The van der Waals surface area contributed by atoms with E-state index in [1.807, 2.05) is 13.8 Å². The fourth-order valence-corrected chi connectivity index (χ4v) is 16.8. The maximum atomic E-state index is 15.3. The molecule has 0 aromatic carbocycles. The van der Waals surface area contributed by atoms with Crippen LogP contribution in [0.2, 0.25) is 0 Å². The molecule has 8 fully saturated rings. The molecule has 34 atom stereocenters. The highest BCUT2D eigenvalue weighted by Crippen LogP contribution is 2.74. The van der Waals surface area contributed by atoms with Crippen LogP contribution in [0.3, 0.4) is 0 Å². The van der Waals surface area contributed by atoms with Crippen LogP contribution in [-0.4, -0.2) is 302 Å². The molecule has 29 nitrogen and oxygen atoms in total. The van der Waals surface area contributed by atoms with Crippen LogP contribution in [0.5, 0.6) is 0 Å². The minimum atomic E-state index is -2.01. The first kappa shape index (κ1) is 71.6. The van der Waals surface area contributed by atoms with Crippen molar-refractivity contribution in [3.8, 4) is 0 Å². The number of ether oxygens (including phenoxy) is 10. The Labute approximate surface area is 516 Å². The van der Waals surface area contributed by atoms with Gasteiger partial charge in [-0.1, -0.05) is 53.2 Å². The van der Waals surface area contributed by atoms with E-state index in [4.69, 9.17) is 47.4 Å². The summed E-state index contributed by atoms with van der Waals surface area (Å²) in [5.74, 6) is -0.0984. The van der Waals surface area contributed by atoms with E-state index in [-0.39, 0.29) is 41.3 Å². The van der Waals surface area contributed by atoms with Gasteiger partial charge < -0.3 is 139 Å². The third-order valence-electron chi connectivity index (χ3n) is 22.6. The molecule has 514 valence electrons.